The van der Waals surface area contributed by atoms with Gasteiger partial charge in [0.2, 0.25) is 0 Å². The largest absolute Gasteiger partial charge is 0.504 e. The van der Waals surface area contributed by atoms with Gasteiger partial charge in [0.1, 0.15) is 23.4 Å². The van der Waals surface area contributed by atoms with Crippen LogP contribution >= 0.6 is 0 Å². The van der Waals surface area contributed by atoms with Crippen molar-refractivity contribution in [2.75, 3.05) is 14.2 Å². The highest BCUT2D eigenvalue weighted by molar-refractivity contribution is 5.87. The van der Waals surface area contributed by atoms with Crippen molar-refractivity contribution in [1.82, 2.24) is 10.6 Å². The summed E-state index contributed by atoms with van der Waals surface area (Å²) in [6.07, 6.45) is -6.32. The Labute approximate surface area is 233 Å². The number of benzene rings is 2. The third-order valence-electron chi connectivity index (χ3n) is 5.28. The standard InChI is InChI=1S/C27H31F3N2O9/c1-26(2,3)41-25(37)32-19(23(35)39-5)12-15-6-9-17(10-7-15)40-21-14-16(8-11-20(21)33)13-18(22(34)38-4)31-24(36)27(28,29)30/h6-11,14,18-19,33H,12-13H2,1-5H3,(H,31,36)(H,32,37)/t18-,19-/m0/s1. The molecule has 3 N–H and O–H groups in total. The normalized spacial score (nSPS) is 12.9. The maximum absolute atomic E-state index is 12.7. The molecule has 0 heterocycles. The van der Waals surface area contributed by atoms with Crippen molar-refractivity contribution in [3.8, 4) is 17.2 Å². The van der Waals surface area contributed by atoms with Crippen molar-refractivity contribution in [1.29, 1.82) is 0 Å². The summed E-state index contributed by atoms with van der Waals surface area (Å²) < 4.78 is 58.2. The second kappa shape index (κ2) is 13.7. The average molecular weight is 585 g/mol. The highest BCUT2D eigenvalue weighted by atomic mass is 19.4. The molecule has 2 amide bonds. The van der Waals surface area contributed by atoms with Gasteiger partial charge >= 0.3 is 30.1 Å². The zero-order valence-corrected chi connectivity index (χ0v) is 23.0. The van der Waals surface area contributed by atoms with E-state index in [9.17, 15) is 37.5 Å². The van der Waals surface area contributed by atoms with E-state index in [0.29, 0.717) is 5.56 Å². The number of phenolic OH excluding ortho intramolecular Hbond substituents is 1. The Morgan fingerprint density at radius 2 is 1.34 bits per heavy atom. The molecule has 0 saturated carbocycles. The number of alkyl halides is 3. The summed E-state index contributed by atoms with van der Waals surface area (Å²) in [7, 11) is 2.15. The van der Waals surface area contributed by atoms with E-state index in [-0.39, 0.29) is 35.7 Å². The number of alkyl carbamates (subject to hydrolysis) is 1. The van der Waals surface area contributed by atoms with Gasteiger partial charge in [-0.05, 0) is 56.2 Å². The molecule has 2 aromatic rings. The summed E-state index contributed by atoms with van der Waals surface area (Å²) in [4.78, 5) is 47.6. The van der Waals surface area contributed by atoms with Gasteiger partial charge < -0.3 is 34.7 Å². The molecule has 0 aliphatic rings. The summed E-state index contributed by atoms with van der Waals surface area (Å²) in [5, 5.41) is 14.3. The number of nitrogens with one attached hydrogen (secondary N) is 2. The maximum atomic E-state index is 12.7. The lowest BCUT2D eigenvalue weighted by Crippen LogP contribution is -2.48. The summed E-state index contributed by atoms with van der Waals surface area (Å²) in [5.74, 6) is -4.24. The molecule has 0 aliphatic carbocycles. The highest BCUT2D eigenvalue weighted by Crippen LogP contribution is 2.32. The van der Waals surface area contributed by atoms with Crippen LogP contribution in [0.5, 0.6) is 17.2 Å². The first-order chi connectivity index (χ1) is 19.0. The minimum absolute atomic E-state index is 0.0610. The Morgan fingerprint density at radius 1 is 0.829 bits per heavy atom. The Morgan fingerprint density at radius 3 is 1.85 bits per heavy atom. The lowest BCUT2D eigenvalue weighted by molar-refractivity contribution is -0.175. The molecule has 2 atom stereocenters. The maximum Gasteiger partial charge on any atom is 0.471 e. The van der Waals surface area contributed by atoms with Crippen LogP contribution in [-0.2, 0) is 41.4 Å². The molecule has 0 aromatic heterocycles. The molecule has 0 bridgehead atoms. The first-order valence-electron chi connectivity index (χ1n) is 12.1. The van der Waals surface area contributed by atoms with Crippen molar-refractivity contribution in [2.24, 2.45) is 0 Å². The lowest BCUT2D eigenvalue weighted by Gasteiger charge is -2.22. The molecule has 11 nitrogen and oxygen atoms in total. The SMILES string of the molecule is COC(=O)[C@H](Cc1ccc(Oc2cc(C[C@H](NC(=O)C(F)(F)F)C(=O)OC)ccc2O)cc1)NC(=O)OC(C)(C)C. The van der Waals surface area contributed by atoms with Gasteiger partial charge in [0, 0.05) is 12.8 Å². The van der Waals surface area contributed by atoms with Crippen molar-refractivity contribution >= 4 is 23.9 Å². The number of carbonyl (C=O) groups excluding carboxylic acids is 4. The topological polar surface area (TPSA) is 149 Å². The highest BCUT2D eigenvalue weighted by Gasteiger charge is 2.41. The van der Waals surface area contributed by atoms with Gasteiger partial charge in [-0.2, -0.15) is 13.2 Å². The average Bonchev–Trinajstić information content (AvgIpc) is 2.88. The third-order valence-corrected chi connectivity index (χ3v) is 5.28. The minimum Gasteiger partial charge on any atom is -0.504 e. The number of phenols is 1. The quantitative estimate of drug-likeness (QED) is 0.282. The van der Waals surface area contributed by atoms with Crippen LogP contribution in [0.3, 0.4) is 0 Å². The zero-order valence-electron chi connectivity index (χ0n) is 23.0. The molecule has 14 heteroatoms. The van der Waals surface area contributed by atoms with Crippen LogP contribution in [0.4, 0.5) is 18.0 Å². The van der Waals surface area contributed by atoms with E-state index in [1.54, 1.807) is 38.2 Å². The third kappa shape index (κ3) is 10.5. The molecule has 0 fully saturated rings. The minimum atomic E-state index is -5.20. The van der Waals surface area contributed by atoms with Crippen molar-refractivity contribution in [2.45, 2.75) is 57.5 Å². The second-order valence-corrected chi connectivity index (χ2v) is 9.73. The number of methoxy groups -OCH3 is 2. The van der Waals surface area contributed by atoms with Gasteiger partial charge in [-0.1, -0.05) is 18.2 Å². The number of amides is 2. The number of hydrogen-bond donors (Lipinski definition) is 3. The Hall–Kier alpha value is -4.49. The molecule has 0 unspecified atom stereocenters. The fourth-order valence-corrected chi connectivity index (χ4v) is 3.42. The van der Waals surface area contributed by atoms with E-state index in [4.69, 9.17) is 14.2 Å². The van der Waals surface area contributed by atoms with Crippen LogP contribution in [0.15, 0.2) is 42.5 Å². The van der Waals surface area contributed by atoms with Gasteiger partial charge in [-0.25, -0.2) is 14.4 Å². The Balaban J connectivity index is 2.16. The van der Waals surface area contributed by atoms with Crippen LogP contribution in [0.2, 0.25) is 0 Å². The van der Waals surface area contributed by atoms with Crippen molar-refractivity contribution < 1.29 is 56.4 Å². The molecular weight excluding hydrogens is 553 g/mol. The molecule has 0 aliphatic heterocycles. The van der Waals surface area contributed by atoms with Gasteiger partial charge in [0.05, 0.1) is 14.2 Å². The molecular formula is C27H31F3N2O9. The molecule has 2 rings (SSSR count). The van der Waals surface area contributed by atoms with Gasteiger partial charge in [0.25, 0.3) is 0 Å². The Kier molecular flexibility index (Phi) is 11.0. The van der Waals surface area contributed by atoms with E-state index in [1.807, 2.05) is 0 Å². The van der Waals surface area contributed by atoms with E-state index in [1.165, 1.54) is 37.4 Å². The first-order valence-corrected chi connectivity index (χ1v) is 12.1. The van der Waals surface area contributed by atoms with E-state index < -0.39 is 47.8 Å². The van der Waals surface area contributed by atoms with Gasteiger partial charge in [-0.15, -0.1) is 0 Å². The predicted molar refractivity (Wildman–Crippen MR) is 137 cm³/mol. The van der Waals surface area contributed by atoms with Crippen LogP contribution in [-0.4, -0.2) is 67.1 Å². The first kappa shape index (κ1) is 32.7. The number of ether oxygens (including phenoxy) is 4. The zero-order chi connectivity index (χ0) is 31.0. The van der Waals surface area contributed by atoms with Crippen LogP contribution < -0.4 is 15.4 Å². The summed E-state index contributed by atoms with van der Waals surface area (Å²) in [6, 6.07) is 7.39. The fraction of sp³-hybridized carbons (Fsp3) is 0.407. The number of esters is 2. The molecule has 0 saturated heterocycles. The second-order valence-electron chi connectivity index (χ2n) is 9.73. The van der Waals surface area contributed by atoms with E-state index in [2.05, 4.69) is 10.1 Å². The molecule has 224 valence electrons. The van der Waals surface area contributed by atoms with Crippen molar-refractivity contribution in [3.05, 3.63) is 53.6 Å². The number of carbonyl (C=O) groups is 4. The van der Waals surface area contributed by atoms with Gasteiger partial charge in [0.15, 0.2) is 11.5 Å². The molecule has 41 heavy (non-hydrogen) atoms. The summed E-state index contributed by atoms with van der Waals surface area (Å²) >= 11 is 0. The number of aromatic hydroxyl groups is 1. The monoisotopic (exact) mass is 584 g/mol. The molecule has 0 spiro atoms. The van der Waals surface area contributed by atoms with Crippen LogP contribution in [0, 0.1) is 0 Å². The Bertz CT molecular complexity index is 1240. The van der Waals surface area contributed by atoms with E-state index >= 15 is 0 Å². The van der Waals surface area contributed by atoms with Crippen molar-refractivity contribution in [3.63, 3.8) is 0 Å². The number of rotatable bonds is 10. The lowest BCUT2D eigenvalue weighted by atomic mass is 10.0. The fourth-order valence-electron chi connectivity index (χ4n) is 3.42. The van der Waals surface area contributed by atoms with Gasteiger partial charge in [-0.3, -0.25) is 4.79 Å². The smallest absolute Gasteiger partial charge is 0.471 e. The predicted octanol–water partition coefficient (Wildman–Crippen LogP) is 3.56. The summed E-state index contributed by atoms with van der Waals surface area (Å²) in [6.45, 7) is 5.03. The van der Waals surface area contributed by atoms with Crippen LogP contribution in [0.1, 0.15) is 31.9 Å². The van der Waals surface area contributed by atoms with Crippen LogP contribution in [0.25, 0.3) is 0 Å². The molecule has 0 radical (unpaired) electrons. The number of hydrogen-bond acceptors (Lipinski definition) is 9. The van der Waals surface area contributed by atoms with E-state index in [0.717, 1.165) is 7.11 Å². The summed E-state index contributed by atoms with van der Waals surface area (Å²) in [5.41, 5.74) is 0.0913. The molecule has 2 aromatic carbocycles. The number of halogens is 3.